The van der Waals surface area contributed by atoms with Crippen LogP contribution in [0, 0.1) is 0 Å². The molecular formula is C19H21BrO3. The van der Waals surface area contributed by atoms with Gasteiger partial charge >= 0.3 is 0 Å². The van der Waals surface area contributed by atoms with Crippen LogP contribution in [0.2, 0.25) is 0 Å². The molecule has 2 rings (SSSR count). The maximum atomic E-state index is 10.7. The Morgan fingerprint density at radius 1 is 1.00 bits per heavy atom. The van der Waals surface area contributed by atoms with Crippen LogP contribution in [-0.4, -0.2) is 19.5 Å². The van der Waals surface area contributed by atoms with Gasteiger partial charge in [0.1, 0.15) is 31.0 Å². The van der Waals surface area contributed by atoms with Gasteiger partial charge in [0, 0.05) is 5.56 Å². The molecule has 3 nitrogen and oxygen atoms in total. The van der Waals surface area contributed by atoms with Gasteiger partial charge in [-0.15, -0.1) is 0 Å². The van der Waals surface area contributed by atoms with E-state index in [9.17, 15) is 4.79 Å². The number of benzene rings is 2. The number of carbonyl (C=O) groups excluding carboxylic acids is 1. The second-order valence-corrected chi connectivity index (χ2v) is 7.13. The van der Waals surface area contributed by atoms with Crippen molar-refractivity contribution < 1.29 is 14.3 Å². The number of halogens is 1. The van der Waals surface area contributed by atoms with Gasteiger partial charge in [-0.3, -0.25) is 4.79 Å². The number of rotatable bonds is 6. The van der Waals surface area contributed by atoms with E-state index in [4.69, 9.17) is 9.47 Å². The van der Waals surface area contributed by atoms with Gasteiger partial charge in [0.15, 0.2) is 0 Å². The topological polar surface area (TPSA) is 35.5 Å². The molecule has 0 unspecified atom stereocenters. The van der Waals surface area contributed by atoms with Crippen LogP contribution in [0.3, 0.4) is 0 Å². The minimum Gasteiger partial charge on any atom is -0.490 e. The summed E-state index contributed by atoms with van der Waals surface area (Å²) in [5, 5.41) is 0. The molecule has 0 saturated carbocycles. The highest BCUT2D eigenvalue weighted by Gasteiger charge is 2.12. The summed E-state index contributed by atoms with van der Waals surface area (Å²) in [5.41, 5.74) is 2.03. The number of ether oxygens (including phenoxy) is 2. The number of hydrogen-bond acceptors (Lipinski definition) is 3. The summed E-state index contributed by atoms with van der Waals surface area (Å²) < 4.78 is 12.1. The van der Waals surface area contributed by atoms with Crippen molar-refractivity contribution in [2.75, 3.05) is 13.2 Å². The summed E-state index contributed by atoms with van der Waals surface area (Å²) in [6.07, 6.45) is 0.804. The summed E-state index contributed by atoms with van der Waals surface area (Å²) in [7, 11) is 0. The van der Waals surface area contributed by atoms with Gasteiger partial charge in [-0.2, -0.15) is 0 Å². The molecule has 0 amide bonds. The van der Waals surface area contributed by atoms with Crippen molar-refractivity contribution >= 4 is 22.2 Å². The molecule has 23 heavy (non-hydrogen) atoms. The summed E-state index contributed by atoms with van der Waals surface area (Å²) in [4.78, 5) is 10.7. The van der Waals surface area contributed by atoms with Crippen molar-refractivity contribution in [3.05, 3.63) is 58.1 Å². The van der Waals surface area contributed by atoms with Crippen molar-refractivity contribution in [2.45, 2.75) is 26.2 Å². The van der Waals surface area contributed by atoms with Crippen LogP contribution < -0.4 is 9.47 Å². The Morgan fingerprint density at radius 3 is 2.22 bits per heavy atom. The van der Waals surface area contributed by atoms with Crippen LogP contribution in [-0.2, 0) is 5.41 Å². The molecule has 0 atom stereocenters. The molecule has 0 aliphatic rings. The zero-order chi connectivity index (χ0) is 16.9. The molecule has 4 heteroatoms. The predicted octanol–water partition coefficient (Wildman–Crippen LogP) is 5.02. The number of carbonyl (C=O) groups is 1. The molecular weight excluding hydrogens is 356 g/mol. The van der Waals surface area contributed by atoms with Gasteiger partial charge < -0.3 is 9.47 Å². The Balaban J connectivity index is 1.82. The zero-order valence-electron chi connectivity index (χ0n) is 13.6. The molecule has 0 aliphatic heterocycles. The van der Waals surface area contributed by atoms with Gasteiger partial charge in [-0.25, -0.2) is 0 Å². The first-order chi connectivity index (χ1) is 10.9. The fraction of sp³-hybridized carbons (Fsp3) is 0.316. The van der Waals surface area contributed by atoms with E-state index in [1.165, 1.54) is 5.56 Å². The smallest absolute Gasteiger partial charge is 0.150 e. The minimum atomic E-state index is 0.140. The molecule has 2 aromatic rings. The Hall–Kier alpha value is -1.81. The van der Waals surface area contributed by atoms with Crippen molar-refractivity contribution in [1.82, 2.24) is 0 Å². The lowest BCUT2D eigenvalue weighted by Crippen LogP contribution is -2.11. The van der Waals surface area contributed by atoms with E-state index >= 15 is 0 Å². The molecule has 0 saturated heterocycles. The maximum Gasteiger partial charge on any atom is 0.150 e. The highest BCUT2D eigenvalue weighted by molar-refractivity contribution is 9.10. The Labute approximate surface area is 145 Å². The van der Waals surface area contributed by atoms with Crippen molar-refractivity contribution in [1.29, 1.82) is 0 Å². The number of hydrogen-bond donors (Lipinski definition) is 0. The third-order valence-electron chi connectivity index (χ3n) is 3.42. The van der Waals surface area contributed by atoms with Crippen LogP contribution in [0.4, 0.5) is 0 Å². The standard InChI is InChI=1S/C19H21BrO3/c1-19(2,3)15-5-7-16(8-6-15)22-10-11-23-18-9-4-14(13-21)12-17(18)20/h4-9,12-13H,10-11H2,1-3H3. The van der Waals surface area contributed by atoms with Crippen LogP contribution >= 0.6 is 15.9 Å². The first kappa shape index (κ1) is 17.5. The quantitative estimate of drug-likeness (QED) is 0.524. The summed E-state index contributed by atoms with van der Waals surface area (Å²) >= 11 is 3.39. The second-order valence-electron chi connectivity index (χ2n) is 6.28. The molecule has 0 heterocycles. The highest BCUT2D eigenvalue weighted by atomic mass is 79.9. The molecule has 122 valence electrons. The van der Waals surface area contributed by atoms with E-state index < -0.39 is 0 Å². The lowest BCUT2D eigenvalue weighted by Gasteiger charge is -2.19. The van der Waals surface area contributed by atoms with Gasteiger partial charge in [-0.05, 0) is 57.2 Å². The van der Waals surface area contributed by atoms with Gasteiger partial charge in [-0.1, -0.05) is 32.9 Å². The third kappa shape index (κ3) is 5.10. The first-order valence-electron chi connectivity index (χ1n) is 7.51. The normalized spacial score (nSPS) is 11.1. The van der Waals surface area contributed by atoms with Crippen LogP contribution in [0.25, 0.3) is 0 Å². The van der Waals surface area contributed by atoms with Crippen LogP contribution in [0.15, 0.2) is 46.9 Å². The summed E-state index contributed by atoms with van der Waals surface area (Å²) in [6.45, 7) is 7.44. The van der Waals surface area contributed by atoms with E-state index in [1.54, 1.807) is 18.2 Å². The maximum absolute atomic E-state index is 10.7. The van der Waals surface area contributed by atoms with E-state index in [0.717, 1.165) is 16.5 Å². The highest BCUT2D eigenvalue weighted by Crippen LogP contribution is 2.26. The predicted molar refractivity (Wildman–Crippen MR) is 95.7 cm³/mol. The monoisotopic (exact) mass is 376 g/mol. The van der Waals surface area contributed by atoms with Crippen molar-refractivity contribution in [3.63, 3.8) is 0 Å². The third-order valence-corrected chi connectivity index (χ3v) is 4.04. The number of aldehydes is 1. The SMILES string of the molecule is CC(C)(C)c1ccc(OCCOc2ccc(C=O)cc2Br)cc1. The van der Waals surface area contributed by atoms with E-state index in [-0.39, 0.29) is 5.41 Å². The largest absolute Gasteiger partial charge is 0.490 e. The lowest BCUT2D eigenvalue weighted by atomic mass is 9.87. The van der Waals surface area contributed by atoms with Crippen LogP contribution in [0.5, 0.6) is 11.5 Å². The van der Waals surface area contributed by atoms with Crippen molar-refractivity contribution in [2.24, 2.45) is 0 Å². The fourth-order valence-electron chi connectivity index (χ4n) is 2.07. The fourth-order valence-corrected chi connectivity index (χ4v) is 2.58. The van der Waals surface area contributed by atoms with Gasteiger partial charge in [0.2, 0.25) is 0 Å². The van der Waals surface area contributed by atoms with Crippen LogP contribution in [0.1, 0.15) is 36.7 Å². The molecule has 0 N–H and O–H groups in total. The zero-order valence-corrected chi connectivity index (χ0v) is 15.2. The Bertz CT molecular complexity index is 657. The van der Waals surface area contributed by atoms with Gasteiger partial charge in [0.05, 0.1) is 4.47 Å². The molecule has 0 bridgehead atoms. The second kappa shape index (κ2) is 7.64. The minimum absolute atomic E-state index is 0.140. The Morgan fingerprint density at radius 2 is 1.65 bits per heavy atom. The first-order valence-corrected chi connectivity index (χ1v) is 8.30. The van der Waals surface area contributed by atoms with E-state index in [1.807, 2.05) is 12.1 Å². The molecule has 2 aromatic carbocycles. The Kier molecular flexibility index (Phi) is 5.83. The van der Waals surface area contributed by atoms with E-state index in [0.29, 0.717) is 24.5 Å². The molecule has 0 radical (unpaired) electrons. The lowest BCUT2D eigenvalue weighted by molar-refractivity contribution is 0.112. The molecule has 0 aromatic heterocycles. The molecule has 0 spiro atoms. The van der Waals surface area contributed by atoms with Crippen molar-refractivity contribution in [3.8, 4) is 11.5 Å². The molecule has 0 aliphatic carbocycles. The van der Waals surface area contributed by atoms with E-state index in [2.05, 4.69) is 48.8 Å². The molecule has 0 fully saturated rings. The summed E-state index contributed by atoms with van der Waals surface area (Å²) in [6, 6.07) is 13.4. The average molecular weight is 377 g/mol. The average Bonchev–Trinajstić information content (AvgIpc) is 2.52. The summed E-state index contributed by atoms with van der Waals surface area (Å²) in [5.74, 6) is 1.53. The van der Waals surface area contributed by atoms with Gasteiger partial charge in [0.25, 0.3) is 0 Å².